The molecule has 1 atom stereocenters. The van der Waals surface area contributed by atoms with Crippen molar-refractivity contribution in [1.82, 2.24) is 15.0 Å². The summed E-state index contributed by atoms with van der Waals surface area (Å²) in [7, 11) is 0. The van der Waals surface area contributed by atoms with E-state index in [1.54, 1.807) is 18.0 Å². The Morgan fingerprint density at radius 3 is 2.81 bits per heavy atom. The van der Waals surface area contributed by atoms with Gasteiger partial charge in [0.2, 0.25) is 0 Å². The number of amides is 2. The Bertz CT molecular complexity index is 1090. The van der Waals surface area contributed by atoms with Gasteiger partial charge in [-0.05, 0) is 53.9 Å². The molecule has 4 rings (SSSR count). The number of carbonyl (C=O) groups excluding carboxylic acids is 2. The van der Waals surface area contributed by atoms with Crippen molar-refractivity contribution in [2.75, 3.05) is 11.9 Å². The summed E-state index contributed by atoms with van der Waals surface area (Å²) in [6, 6.07) is 6.93. The summed E-state index contributed by atoms with van der Waals surface area (Å²) < 4.78 is 28.7. The molecule has 2 aromatic rings. The first kappa shape index (κ1) is 21.4. The van der Waals surface area contributed by atoms with Crippen molar-refractivity contribution in [2.24, 2.45) is 0 Å². The van der Waals surface area contributed by atoms with Crippen LogP contribution in [0.4, 0.5) is 14.6 Å². The van der Waals surface area contributed by atoms with Gasteiger partial charge in [0.1, 0.15) is 17.2 Å². The minimum atomic E-state index is -1.06. The number of carbonyl (C=O) groups is 2. The van der Waals surface area contributed by atoms with Crippen molar-refractivity contribution in [2.45, 2.75) is 31.8 Å². The summed E-state index contributed by atoms with van der Waals surface area (Å²) in [5, 5.41) is 16.2. The average Bonchev–Trinajstić information content (AvgIpc) is 3.13. The third kappa shape index (κ3) is 3.70. The molecule has 2 amide bonds. The lowest BCUT2D eigenvalue weighted by Gasteiger charge is -2.46. The molecular weight excluding hydrogens is 474 g/mol. The van der Waals surface area contributed by atoms with E-state index in [0.717, 1.165) is 6.07 Å². The van der Waals surface area contributed by atoms with Crippen molar-refractivity contribution in [3.8, 4) is 0 Å². The summed E-state index contributed by atoms with van der Waals surface area (Å²) >= 11 is 3.25. The molecule has 10 heteroatoms. The van der Waals surface area contributed by atoms with Crippen LogP contribution in [0.3, 0.4) is 0 Å². The highest BCUT2D eigenvalue weighted by Gasteiger charge is 2.52. The van der Waals surface area contributed by atoms with Gasteiger partial charge in [-0.3, -0.25) is 14.6 Å². The molecule has 2 aliphatic heterocycles. The van der Waals surface area contributed by atoms with Crippen molar-refractivity contribution in [1.29, 1.82) is 0 Å². The number of aliphatic hydroxyl groups is 1. The van der Waals surface area contributed by atoms with Crippen LogP contribution in [0.25, 0.3) is 0 Å². The van der Waals surface area contributed by atoms with Crippen LogP contribution in [-0.2, 0) is 16.1 Å². The molecule has 0 aliphatic carbocycles. The van der Waals surface area contributed by atoms with Gasteiger partial charge in [0.15, 0.2) is 11.6 Å². The fourth-order valence-corrected chi connectivity index (χ4v) is 4.24. The van der Waals surface area contributed by atoms with Crippen LogP contribution in [0.5, 0.6) is 0 Å². The first-order valence-electron chi connectivity index (χ1n) is 9.61. The molecule has 1 aromatic heterocycles. The number of hydrazine groups is 1. The lowest BCUT2D eigenvalue weighted by Crippen LogP contribution is -2.60. The number of benzene rings is 1. The van der Waals surface area contributed by atoms with E-state index in [1.807, 2.05) is 0 Å². The highest BCUT2D eigenvalue weighted by atomic mass is 79.9. The Morgan fingerprint density at radius 2 is 2.10 bits per heavy atom. The fourth-order valence-electron chi connectivity index (χ4n) is 4.01. The molecule has 162 valence electrons. The fraction of sp³-hybridized carbons (Fsp3) is 0.286. The molecule has 0 spiro atoms. The average molecular weight is 493 g/mol. The van der Waals surface area contributed by atoms with E-state index in [4.69, 9.17) is 0 Å². The molecule has 1 unspecified atom stereocenters. The van der Waals surface area contributed by atoms with Crippen molar-refractivity contribution >= 4 is 33.6 Å². The summed E-state index contributed by atoms with van der Waals surface area (Å²) in [6.07, 6.45) is 2.62. The van der Waals surface area contributed by atoms with Crippen LogP contribution < -0.4 is 5.32 Å². The van der Waals surface area contributed by atoms with Crippen molar-refractivity contribution in [3.63, 3.8) is 0 Å². The topological polar surface area (TPSA) is 85.8 Å². The number of rotatable bonds is 4. The van der Waals surface area contributed by atoms with E-state index in [2.05, 4.69) is 26.2 Å². The van der Waals surface area contributed by atoms with Gasteiger partial charge < -0.3 is 10.4 Å². The van der Waals surface area contributed by atoms with Crippen molar-refractivity contribution < 1.29 is 23.5 Å². The molecule has 0 radical (unpaired) electrons. The number of nitrogens with zero attached hydrogens (tertiary/aromatic N) is 3. The van der Waals surface area contributed by atoms with Crippen LogP contribution in [-0.4, -0.2) is 44.0 Å². The lowest BCUT2D eigenvalue weighted by atomic mass is 9.90. The Morgan fingerprint density at radius 1 is 1.32 bits per heavy atom. The Kier molecular flexibility index (Phi) is 5.52. The zero-order chi connectivity index (χ0) is 22.3. The molecule has 0 bridgehead atoms. The number of anilines is 1. The second-order valence-electron chi connectivity index (χ2n) is 7.62. The maximum absolute atomic E-state index is 14.3. The third-order valence-corrected chi connectivity index (χ3v) is 6.11. The lowest BCUT2D eigenvalue weighted by molar-refractivity contribution is -0.160. The van der Waals surface area contributed by atoms with Crippen LogP contribution in [0.1, 0.15) is 25.3 Å². The minimum Gasteiger partial charge on any atom is -0.509 e. The van der Waals surface area contributed by atoms with Gasteiger partial charge in [-0.2, -0.15) is 0 Å². The summed E-state index contributed by atoms with van der Waals surface area (Å²) in [4.78, 5) is 30.3. The summed E-state index contributed by atoms with van der Waals surface area (Å²) in [5.41, 5.74) is -1.49. The summed E-state index contributed by atoms with van der Waals surface area (Å²) in [5.74, 6) is -3.85. The Hall–Kier alpha value is -2.85. The number of halogens is 3. The number of hydrogen-bond donors (Lipinski definition) is 2. The molecule has 1 aromatic carbocycles. The quantitative estimate of drug-likeness (QED) is 0.635. The van der Waals surface area contributed by atoms with Crippen LogP contribution >= 0.6 is 15.9 Å². The van der Waals surface area contributed by atoms with Gasteiger partial charge in [-0.1, -0.05) is 12.1 Å². The van der Waals surface area contributed by atoms with Crippen molar-refractivity contribution in [3.05, 3.63) is 69.5 Å². The van der Waals surface area contributed by atoms with Crippen LogP contribution in [0.15, 0.2) is 52.3 Å². The van der Waals surface area contributed by atoms with Gasteiger partial charge in [0.05, 0.1) is 12.1 Å². The smallest absolute Gasteiger partial charge is 0.277 e. The summed E-state index contributed by atoms with van der Waals surface area (Å²) in [6.45, 7) is 1.85. The number of aromatic nitrogens is 1. The van der Waals surface area contributed by atoms with E-state index in [0.29, 0.717) is 23.9 Å². The normalized spacial score (nSPS) is 21.4. The van der Waals surface area contributed by atoms with E-state index in [9.17, 15) is 23.5 Å². The maximum atomic E-state index is 14.3. The third-order valence-electron chi connectivity index (χ3n) is 5.64. The van der Waals surface area contributed by atoms with Gasteiger partial charge in [0, 0.05) is 22.8 Å². The number of fused-ring (bicyclic) bond motifs is 1. The van der Waals surface area contributed by atoms with Gasteiger partial charge >= 0.3 is 0 Å². The Labute approximate surface area is 185 Å². The molecule has 1 fully saturated rings. The van der Waals surface area contributed by atoms with Crippen LogP contribution in [0.2, 0.25) is 0 Å². The molecule has 31 heavy (non-hydrogen) atoms. The first-order chi connectivity index (χ1) is 14.7. The highest BCUT2D eigenvalue weighted by molar-refractivity contribution is 9.10. The first-order valence-corrected chi connectivity index (χ1v) is 10.4. The highest BCUT2D eigenvalue weighted by Crippen LogP contribution is 2.41. The molecule has 0 saturated carbocycles. The van der Waals surface area contributed by atoms with Gasteiger partial charge in [-0.15, -0.1) is 0 Å². The number of pyridine rings is 1. The zero-order valence-corrected chi connectivity index (χ0v) is 18.1. The maximum Gasteiger partial charge on any atom is 0.277 e. The Balaban J connectivity index is 1.70. The van der Waals surface area contributed by atoms with Crippen LogP contribution in [0, 0.1) is 11.6 Å². The molecule has 2 N–H and O–H groups in total. The largest absolute Gasteiger partial charge is 0.509 e. The van der Waals surface area contributed by atoms with E-state index < -0.39 is 34.6 Å². The monoisotopic (exact) mass is 492 g/mol. The van der Waals surface area contributed by atoms with E-state index >= 15 is 0 Å². The van der Waals surface area contributed by atoms with E-state index in [1.165, 1.54) is 29.4 Å². The molecule has 2 aliphatic rings. The number of nitrogens with one attached hydrogen (secondary N) is 1. The zero-order valence-electron chi connectivity index (χ0n) is 16.5. The molecule has 3 heterocycles. The molecule has 1 saturated heterocycles. The van der Waals surface area contributed by atoms with E-state index in [-0.39, 0.29) is 23.7 Å². The second kappa shape index (κ2) is 8.01. The van der Waals surface area contributed by atoms with Gasteiger partial charge in [-0.25, -0.2) is 18.8 Å². The number of aliphatic hydroxyl groups excluding tert-OH is 1. The minimum absolute atomic E-state index is 0.0293. The second-order valence-corrected chi connectivity index (χ2v) is 8.53. The molecular formula is C21H19BrF2N4O3. The van der Waals surface area contributed by atoms with Gasteiger partial charge in [0.25, 0.3) is 11.8 Å². The number of hydrogen-bond acceptors (Lipinski definition) is 5. The SMILES string of the molecule is CC12CCCN1N(Cc1cccc(F)c1F)C(=O)C(C(=O)Nc1ccc(Br)cn1)=C2O. The standard InChI is InChI=1S/C21H19BrF2N4O3/c1-21-8-3-9-28(21)27(11-12-4-2-5-14(23)17(12)24)20(31)16(18(21)29)19(30)26-15-7-6-13(22)10-25-15/h2,4-7,10,29H,3,8-9,11H2,1H3,(H,25,26,30). The predicted octanol–water partition coefficient (Wildman–Crippen LogP) is 3.68. The molecule has 7 nitrogen and oxygen atoms in total. The predicted molar refractivity (Wildman–Crippen MR) is 111 cm³/mol.